The Morgan fingerprint density at radius 3 is 2.22 bits per heavy atom. The number of amides is 2. The van der Waals surface area contributed by atoms with Crippen LogP contribution in [0, 0.1) is 11.8 Å². The number of carbonyl (C=O) groups is 2. The first-order chi connectivity index (χ1) is 14.9. The first-order valence-corrected chi connectivity index (χ1v) is 10.7. The Bertz CT molecular complexity index is 848. The molecule has 2 heterocycles. The van der Waals surface area contributed by atoms with E-state index in [1.54, 1.807) is 15.9 Å². The normalized spacial score (nSPS) is 21.9. The fourth-order valence-corrected chi connectivity index (χ4v) is 4.13. The van der Waals surface area contributed by atoms with E-state index in [1.807, 2.05) is 20.8 Å². The summed E-state index contributed by atoms with van der Waals surface area (Å²) in [6, 6.07) is 5.48. The van der Waals surface area contributed by atoms with Crippen molar-refractivity contribution in [2.24, 2.45) is 11.8 Å². The lowest BCUT2D eigenvalue weighted by Crippen LogP contribution is -2.36. The lowest BCUT2D eigenvalue weighted by Gasteiger charge is -2.25. The molecule has 9 heteroatoms. The molecule has 0 unspecified atom stereocenters. The first-order valence-electron chi connectivity index (χ1n) is 10.7. The SMILES string of the molecule is CC(C)(C)OC(=O)N1C[C@H]2CCN(C(=O)C=Cc3cccc(OC(F)(F)F)c3)CC[C@H]2C1. The number of halogens is 3. The summed E-state index contributed by atoms with van der Waals surface area (Å²) < 4.78 is 46.5. The molecule has 0 aliphatic carbocycles. The molecule has 176 valence electrons. The number of likely N-dealkylation sites (tertiary alicyclic amines) is 2. The van der Waals surface area contributed by atoms with Crippen molar-refractivity contribution in [1.82, 2.24) is 9.80 Å². The summed E-state index contributed by atoms with van der Waals surface area (Å²) in [4.78, 5) is 28.5. The molecule has 2 atom stereocenters. The molecule has 0 bridgehead atoms. The molecule has 0 radical (unpaired) electrons. The second-order valence-electron chi connectivity index (χ2n) is 9.26. The van der Waals surface area contributed by atoms with Gasteiger partial charge in [-0.05, 0) is 69.2 Å². The Morgan fingerprint density at radius 1 is 1.03 bits per heavy atom. The molecule has 0 saturated carbocycles. The molecule has 32 heavy (non-hydrogen) atoms. The molecule has 0 aromatic heterocycles. The maximum atomic E-state index is 12.6. The highest BCUT2D eigenvalue weighted by Crippen LogP contribution is 2.32. The van der Waals surface area contributed by atoms with Gasteiger partial charge in [0, 0.05) is 32.3 Å². The molecule has 2 aliphatic rings. The second-order valence-corrected chi connectivity index (χ2v) is 9.26. The number of carbonyl (C=O) groups excluding carboxylic acids is 2. The summed E-state index contributed by atoms with van der Waals surface area (Å²) in [7, 11) is 0. The van der Waals surface area contributed by atoms with Gasteiger partial charge in [-0.1, -0.05) is 12.1 Å². The number of rotatable bonds is 3. The molecule has 2 fully saturated rings. The highest BCUT2D eigenvalue weighted by molar-refractivity contribution is 5.91. The number of alkyl halides is 3. The van der Waals surface area contributed by atoms with Gasteiger partial charge in [0.1, 0.15) is 11.4 Å². The number of ether oxygens (including phenoxy) is 2. The molecule has 6 nitrogen and oxygen atoms in total. The standard InChI is InChI=1S/C23H29F3N2O4/c1-22(2,3)32-21(30)28-14-17-9-11-27(12-10-18(17)15-28)20(29)8-7-16-5-4-6-19(13-16)31-23(24,25)26/h4-8,13,17-18H,9-12,14-15H2,1-3H3/t17-,18+. The molecule has 2 amide bonds. The van der Waals surface area contributed by atoms with Gasteiger partial charge < -0.3 is 19.3 Å². The fraction of sp³-hybridized carbons (Fsp3) is 0.565. The quantitative estimate of drug-likeness (QED) is 0.621. The average Bonchev–Trinajstić information content (AvgIpc) is 2.97. The maximum Gasteiger partial charge on any atom is 0.573 e. The van der Waals surface area contributed by atoms with Crippen molar-refractivity contribution >= 4 is 18.1 Å². The number of hydrogen-bond acceptors (Lipinski definition) is 4. The minimum absolute atomic E-state index is 0.184. The Hall–Kier alpha value is -2.71. The monoisotopic (exact) mass is 454 g/mol. The number of hydrogen-bond donors (Lipinski definition) is 0. The van der Waals surface area contributed by atoms with E-state index in [4.69, 9.17) is 4.74 Å². The summed E-state index contributed by atoms with van der Waals surface area (Å²) in [5.41, 5.74) is -0.0878. The van der Waals surface area contributed by atoms with Crippen molar-refractivity contribution in [2.45, 2.75) is 45.6 Å². The Labute approximate surface area is 186 Å². The van der Waals surface area contributed by atoms with Gasteiger partial charge >= 0.3 is 12.5 Å². The predicted molar refractivity (Wildman–Crippen MR) is 113 cm³/mol. The van der Waals surface area contributed by atoms with Crippen molar-refractivity contribution in [3.63, 3.8) is 0 Å². The van der Waals surface area contributed by atoms with Gasteiger partial charge in [-0.3, -0.25) is 4.79 Å². The van der Waals surface area contributed by atoms with Crippen molar-refractivity contribution in [3.05, 3.63) is 35.9 Å². The summed E-state index contributed by atoms with van der Waals surface area (Å²) in [5.74, 6) is 0.126. The fourth-order valence-electron chi connectivity index (χ4n) is 4.13. The Kier molecular flexibility index (Phi) is 7.05. The zero-order valence-electron chi connectivity index (χ0n) is 18.5. The second kappa shape index (κ2) is 9.42. The molecule has 1 aromatic rings. The van der Waals surface area contributed by atoms with Crippen LogP contribution in [0.2, 0.25) is 0 Å². The van der Waals surface area contributed by atoms with Crippen LogP contribution in [0.15, 0.2) is 30.3 Å². The molecule has 3 rings (SSSR count). The van der Waals surface area contributed by atoms with Crippen LogP contribution in [-0.4, -0.2) is 59.9 Å². The average molecular weight is 454 g/mol. The van der Waals surface area contributed by atoms with E-state index >= 15 is 0 Å². The molecule has 1 aromatic carbocycles. The van der Waals surface area contributed by atoms with Crippen molar-refractivity contribution in [3.8, 4) is 5.75 Å². The summed E-state index contributed by atoms with van der Waals surface area (Å²) in [5, 5.41) is 0. The molecule has 0 N–H and O–H groups in total. The van der Waals surface area contributed by atoms with Gasteiger partial charge in [-0.15, -0.1) is 13.2 Å². The van der Waals surface area contributed by atoms with E-state index in [0.29, 0.717) is 43.6 Å². The third-order valence-electron chi connectivity index (χ3n) is 5.59. The summed E-state index contributed by atoms with van der Waals surface area (Å²) in [6.07, 6.45) is -0.612. The topological polar surface area (TPSA) is 59.1 Å². The number of fused-ring (bicyclic) bond motifs is 1. The van der Waals surface area contributed by atoms with E-state index < -0.39 is 12.0 Å². The zero-order chi connectivity index (χ0) is 23.5. The van der Waals surface area contributed by atoms with Crippen LogP contribution in [0.3, 0.4) is 0 Å². The van der Waals surface area contributed by atoms with E-state index in [1.165, 1.54) is 30.4 Å². The lowest BCUT2D eigenvalue weighted by atomic mass is 9.92. The lowest BCUT2D eigenvalue weighted by molar-refractivity contribution is -0.274. The van der Waals surface area contributed by atoms with Crippen LogP contribution in [0.5, 0.6) is 5.75 Å². The van der Waals surface area contributed by atoms with Crippen LogP contribution >= 0.6 is 0 Å². The van der Waals surface area contributed by atoms with E-state index in [0.717, 1.165) is 12.8 Å². The minimum atomic E-state index is -4.76. The van der Waals surface area contributed by atoms with Crippen LogP contribution < -0.4 is 4.74 Å². The Morgan fingerprint density at radius 2 is 1.66 bits per heavy atom. The van der Waals surface area contributed by atoms with Gasteiger partial charge in [0.25, 0.3) is 0 Å². The van der Waals surface area contributed by atoms with Gasteiger partial charge in [-0.2, -0.15) is 0 Å². The van der Waals surface area contributed by atoms with Crippen molar-refractivity contribution in [1.29, 1.82) is 0 Å². The summed E-state index contributed by atoms with van der Waals surface area (Å²) in [6.45, 7) is 7.93. The molecular formula is C23H29F3N2O4. The van der Waals surface area contributed by atoms with Gasteiger partial charge in [0.05, 0.1) is 0 Å². The number of nitrogens with zero attached hydrogens (tertiary/aromatic N) is 2. The van der Waals surface area contributed by atoms with Crippen LogP contribution in [0.25, 0.3) is 6.08 Å². The van der Waals surface area contributed by atoms with Crippen molar-refractivity contribution in [2.75, 3.05) is 26.2 Å². The highest BCUT2D eigenvalue weighted by atomic mass is 19.4. The maximum absolute atomic E-state index is 12.6. The van der Waals surface area contributed by atoms with E-state index in [-0.39, 0.29) is 17.7 Å². The smallest absolute Gasteiger partial charge is 0.444 e. The predicted octanol–water partition coefficient (Wildman–Crippen LogP) is 4.70. The minimum Gasteiger partial charge on any atom is -0.444 e. The van der Waals surface area contributed by atoms with Gasteiger partial charge in [-0.25, -0.2) is 4.79 Å². The molecular weight excluding hydrogens is 425 g/mol. The first kappa shape index (κ1) is 23.9. The van der Waals surface area contributed by atoms with Crippen LogP contribution in [0.4, 0.5) is 18.0 Å². The largest absolute Gasteiger partial charge is 0.573 e. The summed E-state index contributed by atoms with van der Waals surface area (Å²) >= 11 is 0. The molecule has 2 saturated heterocycles. The molecule has 0 spiro atoms. The van der Waals surface area contributed by atoms with Gasteiger partial charge in [0.2, 0.25) is 5.91 Å². The Balaban J connectivity index is 1.53. The molecule has 2 aliphatic heterocycles. The highest BCUT2D eigenvalue weighted by Gasteiger charge is 2.38. The third kappa shape index (κ3) is 6.90. The van der Waals surface area contributed by atoms with Crippen LogP contribution in [-0.2, 0) is 9.53 Å². The zero-order valence-corrected chi connectivity index (χ0v) is 18.5. The van der Waals surface area contributed by atoms with E-state index in [2.05, 4.69) is 4.74 Å². The van der Waals surface area contributed by atoms with Crippen LogP contribution in [0.1, 0.15) is 39.2 Å². The number of benzene rings is 1. The van der Waals surface area contributed by atoms with Crippen molar-refractivity contribution < 1.29 is 32.2 Å². The van der Waals surface area contributed by atoms with Gasteiger partial charge in [0.15, 0.2) is 0 Å². The van der Waals surface area contributed by atoms with E-state index in [9.17, 15) is 22.8 Å². The third-order valence-corrected chi connectivity index (χ3v) is 5.59.